The van der Waals surface area contributed by atoms with Gasteiger partial charge in [-0.2, -0.15) is 0 Å². The average Bonchev–Trinajstić information content (AvgIpc) is 2.62. The summed E-state index contributed by atoms with van der Waals surface area (Å²) < 4.78 is 30.5. The molecule has 0 saturated carbocycles. The van der Waals surface area contributed by atoms with Crippen LogP contribution in [0.25, 0.3) is 0 Å². The Morgan fingerprint density at radius 3 is 2.40 bits per heavy atom. The fraction of sp³-hybridized carbons (Fsp3) is 0.400. The fourth-order valence-electron chi connectivity index (χ4n) is 2.84. The molecule has 0 aliphatic rings. The zero-order chi connectivity index (χ0) is 18.2. The lowest BCUT2D eigenvalue weighted by Gasteiger charge is -2.20. The molecule has 0 fully saturated rings. The van der Waals surface area contributed by atoms with E-state index in [0.717, 1.165) is 22.6 Å². The number of rotatable bonds is 9. The van der Waals surface area contributed by atoms with E-state index in [4.69, 9.17) is 19.9 Å². The molecule has 0 heterocycles. The summed E-state index contributed by atoms with van der Waals surface area (Å²) in [6.07, 6.45) is 0.637. The van der Waals surface area contributed by atoms with Crippen molar-refractivity contribution in [3.8, 4) is 17.2 Å². The van der Waals surface area contributed by atoms with Crippen molar-refractivity contribution in [3.63, 3.8) is 0 Å². The Bertz CT molecular complexity index is 691. The van der Waals surface area contributed by atoms with Crippen LogP contribution < -0.4 is 19.9 Å². The lowest BCUT2D eigenvalue weighted by molar-refractivity contribution is 0.285. The highest BCUT2D eigenvalue weighted by molar-refractivity contribution is 5.47. The van der Waals surface area contributed by atoms with Gasteiger partial charge in [0.2, 0.25) is 0 Å². The van der Waals surface area contributed by atoms with Gasteiger partial charge in [0.15, 0.2) is 23.1 Å². The molecule has 2 aromatic rings. The van der Waals surface area contributed by atoms with Crippen LogP contribution in [0.1, 0.15) is 30.9 Å². The highest BCUT2D eigenvalue weighted by atomic mass is 19.1. The molecule has 0 saturated heterocycles. The first-order valence-corrected chi connectivity index (χ1v) is 8.55. The largest absolute Gasteiger partial charge is 0.494 e. The van der Waals surface area contributed by atoms with Gasteiger partial charge in [-0.15, -0.1) is 0 Å². The number of ether oxygens (including phenoxy) is 3. The lowest BCUT2D eigenvalue weighted by Crippen LogP contribution is -2.16. The van der Waals surface area contributed by atoms with E-state index in [0.29, 0.717) is 26.2 Å². The first-order chi connectivity index (χ1) is 12.1. The standard InChI is InChI=1S/C20H26FNO3/c1-4-24-19-8-6-7-15(20(19)25-5-2)11-16(13-22)14-9-10-18(23-3)17(21)12-14/h6-10,12,16H,4-5,11,13,22H2,1-3H3. The van der Waals surface area contributed by atoms with Crippen molar-refractivity contribution in [3.05, 3.63) is 53.3 Å². The molecule has 0 amide bonds. The maximum atomic E-state index is 14.0. The van der Waals surface area contributed by atoms with Crippen LogP contribution in [0.2, 0.25) is 0 Å². The zero-order valence-electron chi connectivity index (χ0n) is 15.0. The molecule has 25 heavy (non-hydrogen) atoms. The second-order valence-corrected chi connectivity index (χ2v) is 5.64. The Kier molecular flexibility index (Phi) is 7.07. The Morgan fingerprint density at radius 1 is 1.04 bits per heavy atom. The maximum absolute atomic E-state index is 14.0. The van der Waals surface area contributed by atoms with Gasteiger partial charge in [0.05, 0.1) is 20.3 Å². The fourth-order valence-corrected chi connectivity index (χ4v) is 2.84. The number of benzene rings is 2. The van der Waals surface area contributed by atoms with E-state index in [-0.39, 0.29) is 17.5 Å². The minimum absolute atomic E-state index is 0.0310. The van der Waals surface area contributed by atoms with Crippen LogP contribution >= 0.6 is 0 Å². The van der Waals surface area contributed by atoms with Gasteiger partial charge in [0, 0.05) is 5.92 Å². The molecular weight excluding hydrogens is 321 g/mol. The van der Waals surface area contributed by atoms with Crippen molar-refractivity contribution in [1.82, 2.24) is 0 Å². The summed E-state index contributed by atoms with van der Waals surface area (Å²) in [5.41, 5.74) is 7.81. The molecular formula is C20H26FNO3. The highest BCUT2D eigenvalue weighted by Gasteiger charge is 2.18. The summed E-state index contributed by atoms with van der Waals surface area (Å²) in [5.74, 6) is 1.27. The molecule has 0 aromatic heterocycles. The van der Waals surface area contributed by atoms with Crippen LogP contribution in [0.5, 0.6) is 17.2 Å². The van der Waals surface area contributed by atoms with E-state index in [9.17, 15) is 4.39 Å². The Balaban J connectivity index is 2.32. The van der Waals surface area contributed by atoms with E-state index in [1.54, 1.807) is 6.07 Å². The summed E-state index contributed by atoms with van der Waals surface area (Å²) >= 11 is 0. The molecule has 2 aromatic carbocycles. The predicted octanol–water partition coefficient (Wildman–Crippen LogP) is 3.92. The van der Waals surface area contributed by atoms with E-state index >= 15 is 0 Å². The van der Waals surface area contributed by atoms with Gasteiger partial charge < -0.3 is 19.9 Å². The quantitative estimate of drug-likeness (QED) is 0.747. The molecule has 0 aliphatic heterocycles. The van der Waals surface area contributed by atoms with Crippen molar-refractivity contribution in [2.45, 2.75) is 26.2 Å². The van der Waals surface area contributed by atoms with Crippen molar-refractivity contribution in [2.75, 3.05) is 26.9 Å². The van der Waals surface area contributed by atoms with Crippen LogP contribution in [-0.4, -0.2) is 26.9 Å². The molecule has 0 spiro atoms. The number of hydrogen-bond acceptors (Lipinski definition) is 4. The van der Waals surface area contributed by atoms with Crippen LogP contribution in [0.4, 0.5) is 4.39 Å². The van der Waals surface area contributed by atoms with E-state index in [2.05, 4.69) is 0 Å². The highest BCUT2D eigenvalue weighted by Crippen LogP contribution is 2.35. The molecule has 1 atom stereocenters. The van der Waals surface area contributed by atoms with Gasteiger partial charge in [-0.1, -0.05) is 18.2 Å². The topological polar surface area (TPSA) is 53.7 Å². The summed E-state index contributed by atoms with van der Waals surface area (Å²) in [5, 5.41) is 0. The predicted molar refractivity (Wildman–Crippen MR) is 97.2 cm³/mol. The molecule has 0 aliphatic carbocycles. The lowest BCUT2D eigenvalue weighted by atomic mass is 9.91. The van der Waals surface area contributed by atoms with E-state index in [1.165, 1.54) is 13.2 Å². The van der Waals surface area contributed by atoms with Crippen LogP contribution in [0.15, 0.2) is 36.4 Å². The van der Waals surface area contributed by atoms with Crippen molar-refractivity contribution < 1.29 is 18.6 Å². The molecule has 4 nitrogen and oxygen atoms in total. The molecule has 0 radical (unpaired) electrons. The van der Waals surface area contributed by atoms with Crippen molar-refractivity contribution in [2.24, 2.45) is 5.73 Å². The third kappa shape index (κ3) is 4.63. The second-order valence-electron chi connectivity index (χ2n) is 5.64. The van der Waals surface area contributed by atoms with Crippen molar-refractivity contribution in [1.29, 1.82) is 0 Å². The summed E-state index contributed by atoms with van der Waals surface area (Å²) in [7, 11) is 1.45. The molecule has 2 N–H and O–H groups in total. The smallest absolute Gasteiger partial charge is 0.165 e. The van der Waals surface area contributed by atoms with Gasteiger partial charge in [-0.3, -0.25) is 0 Å². The summed E-state index contributed by atoms with van der Waals surface area (Å²) in [6.45, 7) is 5.38. The minimum atomic E-state index is -0.383. The Labute approximate surface area is 148 Å². The SMILES string of the molecule is CCOc1cccc(CC(CN)c2ccc(OC)c(F)c2)c1OCC. The Morgan fingerprint density at radius 2 is 1.80 bits per heavy atom. The minimum Gasteiger partial charge on any atom is -0.494 e. The number of nitrogens with two attached hydrogens (primary N) is 1. The second kappa shape index (κ2) is 9.28. The number of methoxy groups -OCH3 is 1. The van der Waals surface area contributed by atoms with Gasteiger partial charge in [0.1, 0.15) is 0 Å². The Hall–Kier alpha value is -2.27. The number of hydrogen-bond donors (Lipinski definition) is 1. The maximum Gasteiger partial charge on any atom is 0.165 e. The monoisotopic (exact) mass is 347 g/mol. The molecule has 1 unspecified atom stereocenters. The third-order valence-electron chi connectivity index (χ3n) is 4.05. The van der Waals surface area contributed by atoms with Crippen LogP contribution in [0.3, 0.4) is 0 Å². The molecule has 0 bridgehead atoms. The summed E-state index contributed by atoms with van der Waals surface area (Å²) in [4.78, 5) is 0. The van der Waals surface area contributed by atoms with Gasteiger partial charge in [-0.25, -0.2) is 4.39 Å². The van der Waals surface area contributed by atoms with E-state index in [1.807, 2.05) is 38.1 Å². The van der Waals surface area contributed by atoms with Crippen LogP contribution in [0, 0.1) is 5.82 Å². The third-order valence-corrected chi connectivity index (χ3v) is 4.05. The molecule has 5 heteroatoms. The number of halogens is 1. The molecule has 2 rings (SSSR count). The number of para-hydroxylation sites is 1. The average molecular weight is 347 g/mol. The van der Waals surface area contributed by atoms with Gasteiger partial charge in [-0.05, 0) is 56.1 Å². The van der Waals surface area contributed by atoms with Crippen LogP contribution in [-0.2, 0) is 6.42 Å². The zero-order valence-corrected chi connectivity index (χ0v) is 15.0. The van der Waals surface area contributed by atoms with Crippen molar-refractivity contribution >= 4 is 0 Å². The van der Waals surface area contributed by atoms with E-state index < -0.39 is 0 Å². The first kappa shape index (κ1) is 19.1. The summed E-state index contributed by atoms with van der Waals surface area (Å²) in [6, 6.07) is 10.8. The van der Waals surface area contributed by atoms with Gasteiger partial charge in [0.25, 0.3) is 0 Å². The normalized spacial score (nSPS) is 11.9. The molecule has 136 valence electrons. The first-order valence-electron chi connectivity index (χ1n) is 8.55. The van der Waals surface area contributed by atoms with Gasteiger partial charge >= 0.3 is 0 Å².